The van der Waals surface area contributed by atoms with Gasteiger partial charge in [-0.3, -0.25) is 4.79 Å². The van der Waals surface area contributed by atoms with Crippen LogP contribution in [0.3, 0.4) is 0 Å². The summed E-state index contributed by atoms with van der Waals surface area (Å²) in [5.74, 6) is 0.318. The second-order valence-corrected chi connectivity index (χ2v) is 7.39. The van der Waals surface area contributed by atoms with E-state index >= 15 is 0 Å². The zero-order valence-electron chi connectivity index (χ0n) is 11.7. The lowest BCUT2D eigenvalue weighted by molar-refractivity contribution is -0.118. The summed E-state index contributed by atoms with van der Waals surface area (Å²) in [4.78, 5) is 12.4. The SMILES string of the molecule is CCS(=O)(=O)c1ccc(NC(=O)C2NCCC2C)cc1. The van der Waals surface area contributed by atoms with E-state index in [1.807, 2.05) is 6.92 Å². The summed E-state index contributed by atoms with van der Waals surface area (Å²) in [5.41, 5.74) is 0.617. The van der Waals surface area contributed by atoms with Crippen LogP contribution in [0.1, 0.15) is 20.3 Å². The largest absolute Gasteiger partial charge is 0.325 e. The number of amides is 1. The number of benzene rings is 1. The standard InChI is InChI=1S/C14H20N2O3S/c1-3-20(18,19)12-6-4-11(5-7-12)16-14(17)13-10(2)8-9-15-13/h4-7,10,13,15H,3,8-9H2,1-2H3,(H,16,17). The molecule has 0 bridgehead atoms. The third kappa shape index (κ3) is 3.19. The molecule has 1 aromatic carbocycles. The molecule has 0 saturated carbocycles. The minimum Gasteiger partial charge on any atom is -0.325 e. The summed E-state index contributed by atoms with van der Waals surface area (Å²) < 4.78 is 23.4. The molecule has 1 aromatic rings. The first-order valence-corrected chi connectivity index (χ1v) is 8.46. The number of rotatable bonds is 4. The maximum absolute atomic E-state index is 12.1. The minimum absolute atomic E-state index is 0.0684. The lowest BCUT2D eigenvalue weighted by atomic mass is 10.0. The highest BCUT2D eigenvalue weighted by molar-refractivity contribution is 7.91. The smallest absolute Gasteiger partial charge is 0.241 e. The predicted molar refractivity (Wildman–Crippen MR) is 78.4 cm³/mol. The monoisotopic (exact) mass is 296 g/mol. The molecule has 2 N–H and O–H groups in total. The van der Waals surface area contributed by atoms with E-state index in [4.69, 9.17) is 0 Å². The van der Waals surface area contributed by atoms with Gasteiger partial charge in [0, 0.05) is 5.69 Å². The van der Waals surface area contributed by atoms with Crippen molar-refractivity contribution in [2.45, 2.75) is 31.2 Å². The summed E-state index contributed by atoms with van der Waals surface area (Å²) in [5, 5.41) is 5.98. The van der Waals surface area contributed by atoms with Gasteiger partial charge in [-0.05, 0) is 43.1 Å². The highest BCUT2D eigenvalue weighted by Crippen LogP contribution is 2.18. The average molecular weight is 296 g/mol. The second-order valence-electron chi connectivity index (χ2n) is 5.11. The molecule has 110 valence electrons. The van der Waals surface area contributed by atoms with Crippen LogP contribution >= 0.6 is 0 Å². The van der Waals surface area contributed by atoms with Crippen LogP contribution in [0, 0.1) is 5.92 Å². The van der Waals surface area contributed by atoms with Crippen LogP contribution in [0.2, 0.25) is 0 Å². The van der Waals surface area contributed by atoms with Gasteiger partial charge in [0.2, 0.25) is 5.91 Å². The highest BCUT2D eigenvalue weighted by Gasteiger charge is 2.29. The average Bonchev–Trinajstić information content (AvgIpc) is 2.85. The summed E-state index contributed by atoms with van der Waals surface area (Å²) in [7, 11) is -3.19. The quantitative estimate of drug-likeness (QED) is 0.881. The maximum Gasteiger partial charge on any atom is 0.241 e. The van der Waals surface area contributed by atoms with Crippen LogP contribution in [0.5, 0.6) is 0 Å². The van der Waals surface area contributed by atoms with Crippen LogP contribution in [0.4, 0.5) is 5.69 Å². The highest BCUT2D eigenvalue weighted by atomic mass is 32.2. The van der Waals surface area contributed by atoms with Crippen molar-refractivity contribution in [1.29, 1.82) is 0 Å². The fraction of sp³-hybridized carbons (Fsp3) is 0.500. The van der Waals surface area contributed by atoms with Gasteiger partial charge in [0.1, 0.15) is 0 Å². The molecule has 0 radical (unpaired) electrons. The first-order valence-electron chi connectivity index (χ1n) is 6.81. The van der Waals surface area contributed by atoms with E-state index in [9.17, 15) is 13.2 Å². The Labute approximate surface area is 119 Å². The number of carbonyl (C=O) groups excluding carboxylic acids is 1. The van der Waals surface area contributed by atoms with Gasteiger partial charge in [0.05, 0.1) is 16.7 Å². The third-order valence-electron chi connectivity index (χ3n) is 3.68. The maximum atomic E-state index is 12.1. The van der Waals surface area contributed by atoms with Gasteiger partial charge in [-0.2, -0.15) is 0 Å². The summed E-state index contributed by atoms with van der Waals surface area (Å²) in [6.07, 6.45) is 0.992. The number of sulfone groups is 1. The topological polar surface area (TPSA) is 75.3 Å². The van der Waals surface area contributed by atoms with Gasteiger partial charge in [0.25, 0.3) is 0 Å². The van der Waals surface area contributed by atoms with E-state index in [0.717, 1.165) is 13.0 Å². The number of anilines is 1. The number of hydrogen-bond donors (Lipinski definition) is 2. The van der Waals surface area contributed by atoms with Crippen LogP contribution in [-0.4, -0.2) is 32.7 Å². The number of carbonyl (C=O) groups is 1. The fourth-order valence-electron chi connectivity index (χ4n) is 2.32. The van der Waals surface area contributed by atoms with Crippen molar-refractivity contribution < 1.29 is 13.2 Å². The van der Waals surface area contributed by atoms with E-state index in [1.54, 1.807) is 19.1 Å². The van der Waals surface area contributed by atoms with Crippen molar-refractivity contribution in [3.63, 3.8) is 0 Å². The molecule has 5 nitrogen and oxygen atoms in total. The van der Waals surface area contributed by atoms with E-state index < -0.39 is 9.84 Å². The van der Waals surface area contributed by atoms with Gasteiger partial charge in [-0.1, -0.05) is 13.8 Å². The second kappa shape index (κ2) is 5.93. The number of nitrogens with one attached hydrogen (secondary N) is 2. The molecule has 1 amide bonds. The summed E-state index contributed by atoms with van der Waals surface area (Å²) in [6.45, 7) is 4.51. The molecule has 1 fully saturated rings. The lowest BCUT2D eigenvalue weighted by Gasteiger charge is -2.15. The Kier molecular flexibility index (Phi) is 4.45. The van der Waals surface area contributed by atoms with E-state index in [1.165, 1.54) is 12.1 Å². The van der Waals surface area contributed by atoms with E-state index in [-0.39, 0.29) is 22.6 Å². The van der Waals surface area contributed by atoms with Crippen LogP contribution in [0.25, 0.3) is 0 Å². The normalized spacial score (nSPS) is 22.7. The van der Waals surface area contributed by atoms with Crippen LogP contribution in [-0.2, 0) is 14.6 Å². The molecule has 2 unspecified atom stereocenters. The summed E-state index contributed by atoms with van der Waals surface area (Å²) in [6, 6.07) is 6.13. The van der Waals surface area contributed by atoms with Crippen molar-refractivity contribution in [1.82, 2.24) is 5.32 Å². The molecule has 0 spiro atoms. The lowest BCUT2D eigenvalue weighted by Crippen LogP contribution is -2.39. The third-order valence-corrected chi connectivity index (χ3v) is 5.43. The molecule has 0 aromatic heterocycles. The molecule has 20 heavy (non-hydrogen) atoms. The van der Waals surface area contributed by atoms with E-state index in [2.05, 4.69) is 10.6 Å². The molecule has 1 aliphatic heterocycles. The van der Waals surface area contributed by atoms with Gasteiger partial charge in [0.15, 0.2) is 9.84 Å². The van der Waals surface area contributed by atoms with Crippen molar-refractivity contribution in [2.75, 3.05) is 17.6 Å². The Morgan fingerprint density at radius 3 is 2.50 bits per heavy atom. The van der Waals surface area contributed by atoms with Crippen LogP contribution in [0.15, 0.2) is 29.2 Å². The Morgan fingerprint density at radius 1 is 1.35 bits per heavy atom. The van der Waals surface area contributed by atoms with Crippen molar-refractivity contribution in [3.05, 3.63) is 24.3 Å². The predicted octanol–water partition coefficient (Wildman–Crippen LogP) is 1.42. The Balaban J connectivity index is 2.06. The van der Waals surface area contributed by atoms with Crippen molar-refractivity contribution in [3.8, 4) is 0 Å². The van der Waals surface area contributed by atoms with Crippen molar-refractivity contribution >= 4 is 21.4 Å². The van der Waals surface area contributed by atoms with Gasteiger partial charge in [-0.25, -0.2) is 8.42 Å². The zero-order chi connectivity index (χ0) is 14.8. The van der Waals surface area contributed by atoms with Crippen molar-refractivity contribution in [2.24, 2.45) is 5.92 Å². The van der Waals surface area contributed by atoms with Gasteiger partial charge in [-0.15, -0.1) is 0 Å². The Hall–Kier alpha value is -1.40. The molecule has 2 atom stereocenters. The number of hydrogen-bond acceptors (Lipinski definition) is 4. The van der Waals surface area contributed by atoms with Gasteiger partial charge >= 0.3 is 0 Å². The summed E-state index contributed by atoms with van der Waals surface area (Å²) >= 11 is 0. The molecule has 6 heteroatoms. The molecule has 2 rings (SSSR count). The molecule has 1 saturated heterocycles. The Bertz CT molecular complexity index is 581. The first kappa shape index (κ1) is 15.0. The minimum atomic E-state index is -3.19. The first-order chi connectivity index (χ1) is 9.44. The molecule has 1 aliphatic rings. The molecule has 0 aliphatic carbocycles. The molecular formula is C14H20N2O3S. The van der Waals surface area contributed by atoms with Gasteiger partial charge < -0.3 is 10.6 Å². The Morgan fingerprint density at radius 2 is 2.00 bits per heavy atom. The zero-order valence-corrected chi connectivity index (χ0v) is 12.5. The van der Waals surface area contributed by atoms with E-state index in [0.29, 0.717) is 11.6 Å². The van der Waals surface area contributed by atoms with Crippen LogP contribution < -0.4 is 10.6 Å². The molecule has 1 heterocycles. The molecular weight excluding hydrogens is 276 g/mol. The fourth-order valence-corrected chi connectivity index (χ4v) is 3.20.